The third-order valence-electron chi connectivity index (χ3n) is 2.69. The summed E-state index contributed by atoms with van der Waals surface area (Å²) in [6, 6.07) is 0. The molecular formula is C10H17NO3. The van der Waals surface area contributed by atoms with Crippen molar-refractivity contribution in [3.05, 3.63) is 0 Å². The summed E-state index contributed by atoms with van der Waals surface area (Å²) in [6.45, 7) is 2.32. The van der Waals surface area contributed by atoms with Crippen LogP contribution in [0, 0.1) is 5.41 Å². The van der Waals surface area contributed by atoms with Gasteiger partial charge in [0.1, 0.15) is 0 Å². The van der Waals surface area contributed by atoms with Crippen LogP contribution in [-0.2, 0) is 9.59 Å². The van der Waals surface area contributed by atoms with Crippen molar-refractivity contribution in [2.24, 2.45) is 5.41 Å². The average molecular weight is 199 g/mol. The first-order valence-corrected chi connectivity index (χ1v) is 5.11. The second-order valence-corrected chi connectivity index (χ2v) is 3.97. The summed E-state index contributed by atoms with van der Waals surface area (Å²) in [7, 11) is 0. The van der Waals surface area contributed by atoms with Crippen LogP contribution in [0.3, 0.4) is 0 Å². The molecule has 0 radical (unpaired) electrons. The van der Waals surface area contributed by atoms with Gasteiger partial charge in [-0.15, -0.1) is 0 Å². The highest BCUT2D eigenvalue weighted by molar-refractivity contribution is 5.80. The summed E-state index contributed by atoms with van der Waals surface area (Å²) >= 11 is 0. The number of amides is 1. The number of rotatable bonds is 6. The molecule has 0 bridgehead atoms. The number of hydrogen-bond acceptors (Lipinski definition) is 2. The Morgan fingerprint density at radius 3 is 2.50 bits per heavy atom. The van der Waals surface area contributed by atoms with Gasteiger partial charge in [-0.3, -0.25) is 9.59 Å². The van der Waals surface area contributed by atoms with Crippen molar-refractivity contribution < 1.29 is 14.7 Å². The molecule has 0 heterocycles. The van der Waals surface area contributed by atoms with Crippen molar-refractivity contribution in [1.82, 2.24) is 5.32 Å². The van der Waals surface area contributed by atoms with E-state index in [1.54, 1.807) is 0 Å². The number of carbonyl (C=O) groups excluding carboxylic acids is 1. The van der Waals surface area contributed by atoms with Gasteiger partial charge in [0.15, 0.2) is 0 Å². The van der Waals surface area contributed by atoms with Gasteiger partial charge in [-0.2, -0.15) is 0 Å². The summed E-state index contributed by atoms with van der Waals surface area (Å²) in [5.41, 5.74) is -0.637. The largest absolute Gasteiger partial charge is 0.481 e. The van der Waals surface area contributed by atoms with Crippen LogP contribution >= 0.6 is 0 Å². The standard InChI is InChI=1S/C10H17NO3/c1-2-3-4-8(12)11-7-10(5-6-10)9(13)14/h2-7H2,1H3,(H,11,12)(H,13,14). The van der Waals surface area contributed by atoms with Gasteiger partial charge >= 0.3 is 5.97 Å². The minimum Gasteiger partial charge on any atom is -0.481 e. The van der Waals surface area contributed by atoms with Crippen LogP contribution in [0.5, 0.6) is 0 Å². The Labute approximate surface area is 83.7 Å². The first-order chi connectivity index (χ1) is 6.60. The number of carbonyl (C=O) groups is 2. The van der Waals surface area contributed by atoms with Gasteiger partial charge in [0.05, 0.1) is 5.41 Å². The lowest BCUT2D eigenvalue weighted by Gasteiger charge is -2.10. The minimum atomic E-state index is -0.784. The fourth-order valence-electron chi connectivity index (χ4n) is 1.31. The van der Waals surface area contributed by atoms with E-state index in [1.807, 2.05) is 6.92 Å². The van der Waals surface area contributed by atoms with Crippen molar-refractivity contribution in [2.45, 2.75) is 39.0 Å². The third kappa shape index (κ3) is 2.72. The van der Waals surface area contributed by atoms with E-state index in [0.717, 1.165) is 12.8 Å². The molecule has 1 saturated carbocycles. The van der Waals surface area contributed by atoms with Gasteiger partial charge in [0.2, 0.25) is 5.91 Å². The maximum atomic E-state index is 11.2. The number of carboxylic acid groups (broad SMARTS) is 1. The molecule has 1 aliphatic carbocycles. The fourth-order valence-corrected chi connectivity index (χ4v) is 1.31. The molecule has 0 atom stereocenters. The highest BCUT2D eigenvalue weighted by Crippen LogP contribution is 2.45. The van der Waals surface area contributed by atoms with Gasteiger partial charge in [0.25, 0.3) is 0 Å². The van der Waals surface area contributed by atoms with Crippen LogP contribution in [0.25, 0.3) is 0 Å². The van der Waals surface area contributed by atoms with Crippen LogP contribution in [0.1, 0.15) is 39.0 Å². The summed E-state index contributed by atoms with van der Waals surface area (Å²) < 4.78 is 0. The molecule has 0 unspecified atom stereocenters. The normalized spacial score (nSPS) is 17.5. The molecule has 0 aliphatic heterocycles. The maximum absolute atomic E-state index is 11.2. The molecule has 1 amide bonds. The summed E-state index contributed by atoms with van der Waals surface area (Å²) in [5, 5.41) is 11.5. The van der Waals surface area contributed by atoms with E-state index in [-0.39, 0.29) is 5.91 Å². The number of hydrogen-bond donors (Lipinski definition) is 2. The van der Waals surface area contributed by atoms with Gasteiger partial charge in [-0.05, 0) is 19.3 Å². The molecule has 2 N–H and O–H groups in total. The van der Waals surface area contributed by atoms with E-state index < -0.39 is 11.4 Å². The second kappa shape index (κ2) is 4.44. The lowest BCUT2D eigenvalue weighted by atomic mass is 10.1. The van der Waals surface area contributed by atoms with E-state index in [1.165, 1.54) is 0 Å². The molecule has 1 rings (SSSR count). The maximum Gasteiger partial charge on any atom is 0.311 e. The number of nitrogens with one attached hydrogen (secondary N) is 1. The van der Waals surface area contributed by atoms with Gasteiger partial charge < -0.3 is 10.4 Å². The van der Waals surface area contributed by atoms with Crippen LogP contribution < -0.4 is 5.32 Å². The van der Waals surface area contributed by atoms with Crippen molar-refractivity contribution in [3.8, 4) is 0 Å². The van der Waals surface area contributed by atoms with Crippen molar-refractivity contribution in [2.75, 3.05) is 6.54 Å². The first-order valence-electron chi connectivity index (χ1n) is 5.11. The zero-order chi connectivity index (χ0) is 10.6. The molecule has 1 aliphatic rings. The van der Waals surface area contributed by atoms with E-state index in [9.17, 15) is 9.59 Å². The lowest BCUT2D eigenvalue weighted by Crippen LogP contribution is -2.34. The van der Waals surface area contributed by atoms with Crippen LogP contribution in [0.4, 0.5) is 0 Å². The fraction of sp³-hybridized carbons (Fsp3) is 0.800. The van der Waals surface area contributed by atoms with Crippen LogP contribution in [0.2, 0.25) is 0 Å². The van der Waals surface area contributed by atoms with Crippen molar-refractivity contribution >= 4 is 11.9 Å². The molecule has 4 heteroatoms. The van der Waals surface area contributed by atoms with Gasteiger partial charge in [-0.25, -0.2) is 0 Å². The predicted molar refractivity (Wildman–Crippen MR) is 51.8 cm³/mol. The Morgan fingerprint density at radius 1 is 1.43 bits per heavy atom. The number of aliphatic carboxylic acids is 1. The first kappa shape index (κ1) is 11.0. The second-order valence-electron chi connectivity index (χ2n) is 3.97. The average Bonchev–Trinajstić information content (AvgIpc) is 2.92. The van der Waals surface area contributed by atoms with Crippen molar-refractivity contribution in [3.63, 3.8) is 0 Å². The highest BCUT2D eigenvalue weighted by atomic mass is 16.4. The molecular weight excluding hydrogens is 182 g/mol. The lowest BCUT2D eigenvalue weighted by molar-refractivity contribution is -0.143. The van der Waals surface area contributed by atoms with Crippen LogP contribution in [0.15, 0.2) is 0 Å². The van der Waals surface area contributed by atoms with Gasteiger partial charge in [0, 0.05) is 13.0 Å². The SMILES string of the molecule is CCCCC(=O)NCC1(C(=O)O)CC1. The van der Waals surface area contributed by atoms with E-state index in [0.29, 0.717) is 25.8 Å². The topological polar surface area (TPSA) is 66.4 Å². The Hall–Kier alpha value is -1.06. The Balaban J connectivity index is 2.20. The van der Waals surface area contributed by atoms with E-state index >= 15 is 0 Å². The minimum absolute atomic E-state index is 0.0284. The monoisotopic (exact) mass is 199 g/mol. The zero-order valence-electron chi connectivity index (χ0n) is 8.51. The zero-order valence-corrected chi connectivity index (χ0v) is 8.51. The molecule has 0 aromatic heterocycles. The van der Waals surface area contributed by atoms with Gasteiger partial charge in [-0.1, -0.05) is 13.3 Å². The highest BCUT2D eigenvalue weighted by Gasteiger charge is 2.50. The predicted octanol–water partition coefficient (Wildman–Crippen LogP) is 1.16. The molecule has 0 spiro atoms. The van der Waals surface area contributed by atoms with E-state index in [2.05, 4.69) is 5.32 Å². The molecule has 4 nitrogen and oxygen atoms in total. The Bertz CT molecular complexity index is 234. The molecule has 80 valence electrons. The summed E-state index contributed by atoms with van der Waals surface area (Å²) in [4.78, 5) is 22.0. The third-order valence-corrected chi connectivity index (χ3v) is 2.69. The van der Waals surface area contributed by atoms with Crippen LogP contribution in [-0.4, -0.2) is 23.5 Å². The quantitative estimate of drug-likeness (QED) is 0.674. The molecule has 0 aromatic carbocycles. The Kier molecular flexibility index (Phi) is 3.49. The smallest absolute Gasteiger partial charge is 0.311 e. The Morgan fingerprint density at radius 2 is 2.07 bits per heavy atom. The van der Waals surface area contributed by atoms with Crippen molar-refractivity contribution in [1.29, 1.82) is 0 Å². The molecule has 14 heavy (non-hydrogen) atoms. The summed E-state index contributed by atoms with van der Waals surface area (Å²) in [5.74, 6) is -0.812. The summed E-state index contributed by atoms with van der Waals surface area (Å²) in [6.07, 6.45) is 3.74. The molecule has 0 saturated heterocycles. The molecule has 0 aromatic rings. The molecule has 1 fully saturated rings. The number of unbranched alkanes of at least 4 members (excludes halogenated alkanes) is 1. The number of carboxylic acids is 1. The van der Waals surface area contributed by atoms with E-state index in [4.69, 9.17) is 5.11 Å².